The van der Waals surface area contributed by atoms with Gasteiger partial charge in [-0.15, -0.1) is 0 Å². The van der Waals surface area contributed by atoms with E-state index in [0.29, 0.717) is 11.5 Å². The molecular formula is C16H18FN3O. The highest BCUT2D eigenvalue weighted by molar-refractivity contribution is 5.69. The predicted octanol–water partition coefficient (Wildman–Crippen LogP) is 3.35. The Morgan fingerprint density at radius 3 is 2.76 bits per heavy atom. The normalized spacial score (nSPS) is 15.5. The van der Waals surface area contributed by atoms with Gasteiger partial charge in [0.25, 0.3) is 0 Å². The van der Waals surface area contributed by atoms with Gasteiger partial charge in [-0.1, -0.05) is 12.1 Å². The minimum absolute atomic E-state index is 0.201. The number of nitrogens with one attached hydrogen (secondary N) is 1. The first-order valence-corrected chi connectivity index (χ1v) is 6.94. The maximum Gasteiger partial charge on any atom is 0.186 e. The molecule has 0 unspecified atom stereocenters. The average molecular weight is 287 g/mol. The van der Waals surface area contributed by atoms with Crippen LogP contribution in [0.5, 0.6) is 5.75 Å². The number of aryl methyl sites for hydroxylation is 1. The van der Waals surface area contributed by atoms with Crippen LogP contribution in [0, 0.1) is 12.7 Å². The number of hydrogen-bond donors (Lipinski definition) is 1. The number of para-hydroxylation sites is 1. The van der Waals surface area contributed by atoms with Crippen molar-refractivity contribution in [2.24, 2.45) is 0 Å². The summed E-state index contributed by atoms with van der Waals surface area (Å²) in [7, 11) is 1.64. The summed E-state index contributed by atoms with van der Waals surface area (Å²) >= 11 is 0. The average Bonchev–Trinajstić information content (AvgIpc) is 2.75. The SMILES string of the molecule is CNc1nc(-c2cccc3c2OC(C)(C)C3)nc(C)c1F. The molecule has 0 saturated carbocycles. The van der Waals surface area contributed by atoms with Crippen molar-refractivity contribution in [3.8, 4) is 17.1 Å². The summed E-state index contributed by atoms with van der Waals surface area (Å²) in [6.07, 6.45) is 0.842. The Bertz CT molecular complexity index is 713. The van der Waals surface area contributed by atoms with E-state index in [0.717, 1.165) is 23.3 Å². The molecule has 21 heavy (non-hydrogen) atoms. The summed E-state index contributed by atoms with van der Waals surface area (Å²) in [6, 6.07) is 5.91. The molecule has 0 spiro atoms. The summed E-state index contributed by atoms with van der Waals surface area (Å²) in [5.74, 6) is 1.06. The first kappa shape index (κ1) is 13.8. The van der Waals surface area contributed by atoms with E-state index in [-0.39, 0.29) is 11.4 Å². The van der Waals surface area contributed by atoms with Crippen molar-refractivity contribution in [2.75, 3.05) is 12.4 Å². The minimum atomic E-state index is -0.421. The van der Waals surface area contributed by atoms with Crippen molar-refractivity contribution in [1.29, 1.82) is 0 Å². The third-order valence-corrected chi connectivity index (χ3v) is 3.59. The first-order chi connectivity index (χ1) is 9.91. The molecule has 1 aliphatic rings. The molecular weight excluding hydrogens is 269 g/mol. The van der Waals surface area contributed by atoms with Gasteiger partial charge in [-0.3, -0.25) is 0 Å². The van der Waals surface area contributed by atoms with Gasteiger partial charge in [0.2, 0.25) is 0 Å². The van der Waals surface area contributed by atoms with Crippen LogP contribution in [-0.4, -0.2) is 22.6 Å². The Labute approximate surface area is 123 Å². The summed E-state index contributed by atoms with van der Waals surface area (Å²) < 4.78 is 19.9. The molecule has 110 valence electrons. The van der Waals surface area contributed by atoms with Gasteiger partial charge in [0, 0.05) is 13.5 Å². The fourth-order valence-corrected chi connectivity index (χ4v) is 2.64. The van der Waals surface area contributed by atoms with Crippen LogP contribution in [0.1, 0.15) is 25.1 Å². The van der Waals surface area contributed by atoms with Crippen molar-refractivity contribution >= 4 is 5.82 Å². The summed E-state index contributed by atoms with van der Waals surface area (Å²) in [6.45, 7) is 5.73. The molecule has 0 saturated heterocycles. The number of halogens is 1. The molecule has 3 rings (SSSR count). The van der Waals surface area contributed by atoms with E-state index in [1.165, 1.54) is 0 Å². The lowest BCUT2D eigenvalue weighted by molar-refractivity contribution is 0.139. The van der Waals surface area contributed by atoms with Crippen LogP contribution in [0.25, 0.3) is 11.4 Å². The molecule has 0 fully saturated rings. The first-order valence-electron chi connectivity index (χ1n) is 6.94. The van der Waals surface area contributed by atoms with Crippen LogP contribution in [0.15, 0.2) is 18.2 Å². The van der Waals surface area contributed by atoms with Gasteiger partial charge >= 0.3 is 0 Å². The number of hydrogen-bond acceptors (Lipinski definition) is 4. The number of rotatable bonds is 2. The van der Waals surface area contributed by atoms with Gasteiger partial charge < -0.3 is 10.1 Å². The molecule has 2 heterocycles. The Morgan fingerprint density at radius 1 is 1.29 bits per heavy atom. The maximum absolute atomic E-state index is 13.9. The highest BCUT2D eigenvalue weighted by Gasteiger charge is 2.32. The van der Waals surface area contributed by atoms with Crippen molar-refractivity contribution in [2.45, 2.75) is 32.8 Å². The van der Waals surface area contributed by atoms with Crippen LogP contribution in [0.2, 0.25) is 0 Å². The second kappa shape index (κ2) is 4.69. The van der Waals surface area contributed by atoms with E-state index < -0.39 is 5.82 Å². The van der Waals surface area contributed by atoms with Crippen LogP contribution >= 0.6 is 0 Å². The third kappa shape index (κ3) is 2.33. The molecule has 0 amide bonds. The van der Waals surface area contributed by atoms with Crippen LogP contribution in [0.4, 0.5) is 10.2 Å². The number of benzene rings is 1. The molecule has 1 aliphatic heterocycles. The monoisotopic (exact) mass is 287 g/mol. The molecule has 1 aromatic carbocycles. The van der Waals surface area contributed by atoms with Crippen molar-refractivity contribution in [1.82, 2.24) is 9.97 Å². The quantitative estimate of drug-likeness (QED) is 0.920. The molecule has 0 bridgehead atoms. The van der Waals surface area contributed by atoms with Crippen LogP contribution in [-0.2, 0) is 6.42 Å². The van der Waals surface area contributed by atoms with Crippen LogP contribution < -0.4 is 10.1 Å². The number of fused-ring (bicyclic) bond motifs is 1. The van der Waals surface area contributed by atoms with Crippen molar-refractivity contribution < 1.29 is 9.13 Å². The number of ether oxygens (including phenoxy) is 1. The summed E-state index contributed by atoms with van der Waals surface area (Å²) in [4.78, 5) is 8.54. The lowest BCUT2D eigenvalue weighted by Gasteiger charge is -2.18. The molecule has 0 atom stereocenters. The van der Waals surface area contributed by atoms with E-state index >= 15 is 0 Å². The fraction of sp³-hybridized carbons (Fsp3) is 0.375. The summed E-state index contributed by atoms with van der Waals surface area (Å²) in [5, 5.41) is 2.76. The van der Waals surface area contributed by atoms with Gasteiger partial charge in [0.15, 0.2) is 17.5 Å². The van der Waals surface area contributed by atoms with Crippen LogP contribution in [0.3, 0.4) is 0 Å². The smallest absolute Gasteiger partial charge is 0.186 e. The van der Waals surface area contributed by atoms with Crippen molar-refractivity contribution in [3.63, 3.8) is 0 Å². The molecule has 0 radical (unpaired) electrons. The highest BCUT2D eigenvalue weighted by Crippen LogP contribution is 2.41. The Hall–Kier alpha value is -2.17. The predicted molar refractivity (Wildman–Crippen MR) is 80.1 cm³/mol. The van der Waals surface area contributed by atoms with E-state index in [9.17, 15) is 4.39 Å². The zero-order valence-corrected chi connectivity index (χ0v) is 12.6. The maximum atomic E-state index is 13.9. The Balaban J connectivity index is 2.16. The van der Waals surface area contributed by atoms with E-state index in [2.05, 4.69) is 15.3 Å². The van der Waals surface area contributed by atoms with Gasteiger partial charge in [-0.25, -0.2) is 14.4 Å². The molecule has 4 nitrogen and oxygen atoms in total. The van der Waals surface area contributed by atoms with E-state index in [1.54, 1.807) is 14.0 Å². The van der Waals surface area contributed by atoms with Gasteiger partial charge in [0.05, 0.1) is 11.3 Å². The molecule has 1 N–H and O–H groups in total. The van der Waals surface area contributed by atoms with Gasteiger partial charge in [-0.2, -0.15) is 0 Å². The van der Waals surface area contributed by atoms with E-state index in [1.807, 2.05) is 32.0 Å². The Morgan fingerprint density at radius 2 is 2.05 bits per heavy atom. The van der Waals surface area contributed by atoms with Gasteiger partial charge in [-0.05, 0) is 32.4 Å². The molecule has 2 aromatic rings. The minimum Gasteiger partial charge on any atom is -0.486 e. The lowest BCUT2D eigenvalue weighted by atomic mass is 10.0. The Kier molecular flexibility index (Phi) is 3.08. The highest BCUT2D eigenvalue weighted by atomic mass is 19.1. The zero-order chi connectivity index (χ0) is 15.2. The number of nitrogens with zero attached hydrogens (tertiary/aromatic N) is 2. The standard InChI is InChI=1S/C16H18FN3O/c1-9-12(17)15(18-4)20-14(19-9)11-7-5-6-10-8-16(2,3)21-13(10)11/h5-7H,8H2,1-4H3,(H,18,19,20). The lowest BCUT2D eigenvalue weighted by Crippen LogP contribution is -2.24. The molecule has 1 aromatic heterocycles. The fourth-order valence-electron chi connectivity index (χ4n) is 2.64. The topological polar surface area (TPSA) is 47.0 Å². The zero-order valence-electron chi connectivity index (χ0n) is 12.6. The van der Waals surface area contributed by atoms with Crippen molar-refractivity contribution in [3.05, 3.63) is 35.3 Å². The largest absolute Gasteiger partial charge is 0.486 e. The second-order valence-electron chi connectivity index (χ2n) is 5.88. The summed E-state index contributed by atoms with van der Waals surface area (Å²) in [5.41, 5.74) is 2.02. The molecule has 5 heteroatoms. The third-order valence-electron chi connectivity index (χ3n) is 3.59. The number of anilines is 1. The van der Waals surface area contributed by atoms with Gasteiger partial charge in [0.1, 0.15) is 11.4 Å². The van der Waals surface area contributed by atoms with E-state index in [4.69, 9.17) is 4.74 Å². The number of aromatic nitrogens is 2. The molecule has 0 aliphatic carbocycles. The second-order valence-corrected chi connectivity index (χ2v) is 5.88.